The summed E-state index contributed by atoms with van der Waals surface area (Å²) in [6, 6.07) is 3.19. The summed E-state index contributed by atoms with van der Waals surface area (Å²) in [5.74, 6) is -4.75. The largest absolute Gasteiger partial charge is 0.448 e. The topological polar surface area (TPSA) is 80.7 Å². The van der Waals surface area contributed by atoms with E-state index in [0.29, 0.717) is 0 Å². The minimum atomic E-state index is -5.25. The number of hydrogen-bond donors (Lipinski definition) is 1. The van der Waals surface area contributed by atoms with Crippen molar-refractivity contribution in [1.82, 2.24) is 0 Å². The quantitative estimate of drug-likeness (QED) is 0.482. The molecule has 118 valence electrons. The fraction of sp³-hybridized carbons (Fsp3) is 0.300. The van der Waals surface area contributed by atoms with Crippen LogP contribution in [0.4, 0.5) is 17.6 Å². The Morgan fingerprint density at radius 2 is 1.95 bits per heavy atom. The minimum absolute atomic E-state index is 0.166. The summed E-state index contributed by atoms with van der Waals surface area (Å²) in [6.07, 6.45) is -8.37. The zero-order valence-corrected chi connectivity index (χ0v) is 12.3. The number of alkyl halides is 3. The van der Waals surface area contributed by atoms with E-state index in [-0.39, 0.29) is 4.47 Å². The molecule has 0 aromatic heterocycles. The van der Waals surface area contributed by atoms with Crippen LogP contribution in [0.15, 0.2) is 22.7 Å². The van der Waals surface area contributed by atoms with E-state index in [0.717, 1.165) is 6.07 Å². The Morgan fingerprint density at radius 3 is 2.38 bits per heavy atom. The van der Waals surface area contributed by atoms with Crippen molar-refractivity contribution < 1.29 is 40.1 Å². The predicted octanol–water partition coefficient (Wildman–Crippen LogP) is 2.56. The summed E-state index contributed by atoms with van der Waals surface area (Å²) in [5.41, 5.74) is -0.818. The first-order valence-electron chi connectivity index (χ1n) is 5.08. The number of benzene rings is 1. The molecule has 1 rings (SSSR count). The van der Waals surface area contributed by atoms with Gasteiger partial charge < -0.3 is 4.74 Å². The normalized spacial score (nSPS) is 13.8. The van der Waals surface area contributed by atoms with E-state index in [9.17, 15) is 30.8 Å². The van der Waals surface area contributed by atoms with Crippen LogP contribution < -0.4 is 0 Å². The molecule has 0 saturated carbocycles. The maximum Gasteiger partial charge on any atom is 0.426 e. The number of esters is 1. The second-order valence-electron chi connectivity index (χ2n) is 3.78. The maximum atomic E-state index is 13.4. The molecular formula is C10H7BrF4O5S. The van der Waals surface area contributed by atoms with E-state index < -0.39 is 45.5 Å². The molecule has 0 bridgehead atoms. The first kappa shape index (κ1) is 17.9. The molecule has 0 aliphatic heterocycles. The van der Waals surface area contributed by atoms with Crippen LogP contribution in [-0.2, 0) is 14.9 Å². The molecular weight excluding hydrogens is 388 g/mol. The zero-order chi connectivity index (χ0) is 16.4. The maximum absolute atomic E-state index is 13.4. The van der Waals surface area contributed by atoms with E-state index in [4.69, 9.17) is 4.55 Å². The summed E-state index contributed by atoms with van der Waals surface area (Å²) in [5, 5.41) is 0. The smallest absolute Gasteiger partial charge is 0.426 e. The second-order valence-corrected chi connectivity index (χ2v) is 6.13. The number of carbonyl (C=O) groups is 1. The van der Waals surface area contributed by atoms with Crippen molar-refractivity contribution in [2.45, 2.75) is 12.3 Å². The van der Waals surface area contributed by atoms with Crippen molar-refractivity contribution in [3.8, 4) is 0 Å². The third kappa shape index (κ3) is 5.25. The highest BCUT2D eigenvalue weighted by atomic mass is 79.9. The highest BCUT2D eigenvalue weighted by Crippen LogP contribution is 2.27. The average Bonchev–Trinajstić information content (AvgIpc) is 2.24. The summed E-state index contributed by atoms with van der Waals surface area (Å²) >= 11 is 2.76. The molecule has 0 spiro atoms. The molecule has 11 heteroatoms. The molecule has 0 heterocycles. The number of rotatable bonds is 4. The fourth-order valence-corrected chi connectivity index (χ4v) is 2.41. The predicted molar refractivity (Wildman–Crippen MR) is 65.8 cm³/mol. The SMILES string of the molecule is O=C(OC(CS(=O)(=O)O)C(F)(F)F)c1c(F)cccc1Br. The molecule has 21 heavy (non-hydrogen) atoms. The molecule has 0 aliphatic carbocycles. The van der Waals surface area contributed by atoms with Crippen LogP contribution in [0, 0.1) is 5.82 Å². The molecule has 0 aliphatic rings. The fourth-order valence-electron chi connectivity index (χ4n) is 1.27. The lowest BCUT2D eigenvalue weighted by atomic mass is 10.2. The van der Waals surface area contributed by atoms with E-state index in [1.807, 2.05) is 0 Å². The second kappa shape index (κ2) is 6.28. The summed E-state index contributed by atoms with van der Waals surface area (Å²) < 4.78 is 84.4. The van der Waals surface area contributed by atoms with Crippen LogP contribution in [0.5, 0.6) is 0 Å². The van der Waals surface area contributed by atoms with E-state index >= 15 is 0 Å². The van der Waals surface area contributed by atoms with Crippen LogP contribution >= 0.6 is 15.9 Å². The van der Waals surface area contributed by atoms with Gasteiger partial charge in [-0.25, -0.2) is 9.18 Å². The van der Waals surface area contributed by atoms with Crippen molar-refractivity contribution in [1.29, 1.82) is 0 Å². The molecule has 1 atom stereocenters. The van der Waals surface area contributed by atoms with Gasteiger partial charge in [0.2, 0.25) is 6.10 Å². The van der Waals surface area contributed by atoms with E-state index in [1.165, 1.54) is 12.1 Å². The Morgan fingerprint density at radius 1 is 1.38 bits per heavy atom. The Balaban J connectivity index is 3.07. The Hall–Kier alpha value is -1.20. The molecule has 5 nitrogen and oxygen atoms in total. The van der Waals surface area contributed by atoms with E-state index in [1.54, 1.807) is 0 Å². The Labute approximate surface area is 124 Å². The van der Waals surface area contributed by atoms with Crippen molar-refractivity contribution >= 4 is 32.0 Å². The first-order chi connectivity index (χ1) is 9.42. The van der Waals surface area contributed by atoms with Gasteiger partial charge in [0.05, 0.1) is 0 Å². The Kier molecular flexibility index (Phi) is 5.34. The van der Waals surface area contributed by atoms with Gasteiger partial charge in [0.1, 0.15) is 17.1 Å². The van der Waals surface area contributed by atoms with Crippen LogP contribution in [0.25, 0.3) is 0 Å². The first-order valence-corrected chi connectivity index (χ1v) is 7.49. The third-order valence-corrected chi connectivity index (χ3v) is 3.53. The molecule has 0 radical (unpaired) electrons. The van der Waals surface area contributed by atoms with Crippen molar-refractivity contribution in [3.05, 3.63) is 34.1 Å². The van der Waals surface area contributed by atoms with Crippen LogP contribution in [0.3, 0.4) is 0 Å². The number of ether oxygens (including phenoxy) is 1. The van der Waals surface area contributed by atoms with Crippen LogP contribution in [0.2, 0.25) is 0 Å². The van der Waals surface area contributed by atoms with Crippen LogP contribution in [0.1, 0.15) is 10.4 Å². The van der Waals surface area contributed by atoms with Gasteiger partial charge in [0, 0.05) is 4.47 Å². The van der Waals surface area contributed by atoms with Gasteiger partial charge in [-0.05, 0) is 28.1 Å². The Bertz CT molecular complexity index is 623. The monoisotopic (exact) mass is 394 g/mol. The lowest BCUT2D eigenvalue weighted by molar-refractivity contribution is -0.197. The summed E-state index contributed by atoms with van der Waals surface area (Å²) in [4.78, 5) is 11.6. The molecule has 1 unspecified atom stereocenters. The number of halogens is 5. The number of hydrogen-bond acceptors (Lipinski definition) is 4. The molecule has 1 N–H and O–H groups in total. The summed E-state index contributed by atoms with van der Waals surface area (Å²) in [7, 11) is -5.06. The van der Waals surface area contributed by atoms with Gasteiger partial charge in [-0.15, -0.1) is 0 Å². The highest BCUT2D eigenvalue weighted by molar-refractivity contribution is 9.10. The van der Waals surface area contributed by atoms with Gasteiger partial charge in [-0.1, -0.05) is 6.07 Å². The highest BCUT2D eigenvalue weighted by Gasteiger charge is 2.46. The zero-order valence-electron chi connectivity index (χ0n) is 9.89. The van der Waals surface area contributed by atoms with Gasteiger partial charge in [-0.3, -0.25) is 4.55 Å². The molecule has 1 aromatic carbocycles. The van der Waals surface area contributed by atoms with Crippen molar-refractivity contribution in [2.24, 2.45) is 0 Å². The van der Waals surface area contributed by atoms with Gasteiger partial charge in [-0.2, -0.15) is 21.6 Å². The van der Waals surface area contributed by atoms with Gasteiger partial charge in [0.25, 0.3) is 10.1 Å². The van der Waals surface area contributed by atoms with E-state index in [2.05, 4.69) is 20.7 Å². The average molecular weight is 395 g/mol. The number of carbonyl (C=O) groups excluding carboxylic acids is 1. The molecule has 0 fully saturated rings. The van der Waals surface area contributed by atoms with Gasteiger partial charge in [0.15, 0.2) is 0 Å². The van der Waals surface area contributed by atoms with Gasteiger partial charge >= 0.3 is 12.1 Å². The minimum Gasteiger partial charge on any atom is -0.448 e. The van der Waals surface area contributed by atoms with Crippen LogP contribution in [-0.4, -0.2) is 37.0 Å². The molecule has 1 aromatic rings. The standard InChI is InChI=1S/C10H7BrF4O5S/c11-5-2-1-3-6(12)8(5)9(16)20-7(10(13,14)15)4-21(17,18)19/h1-3,7H,4H2,(H,17,18,19). The van der Waals surface area contributed by atoms with Crippen molar-refractivity contribution in [3.63, 3.8) is 0 Å². The molecule has 0 amide bonds. The third-order valence-electron chi connectivity index (χ3n) is 2.14. The summed E-state index contributed by atoms with van der Waals surface area (Å²) in [6.45, 7) is 0. The lowest BCUT2D eigenvalue weighted by Crippen LogP contribution is -2.39. The lowest BCUT2D eigenvalue weighted by Gasteiger charge is -2.19. The molecule has 0 saturated heterocycles. The van der Waals surface area contributed by atoms with Crippen molar-refractivity contribution in [2.75, 3.05) is 5.75 Å².